The van der Waals surface area contributed by atoms with E-state index < -0.39 is 5.91 Å². The third kappa shape index (κ3) is 4.30. The Morgan fingerprint density at radius 3 is 2.63 bits per heavy atom. The number of ether oxygens (including phenoxy) is 1. The number of methoxy groups -OCH3 is 1. The summed E-state index contributed by atoms with van der Waals surface area (Å²) in [5, 5.41) is 13.7. The highest BCUT2D eigenvalue weighted by atomic mass is 127. The number of nitrogens with zero attached hydrogens (tertiary/aromatic N) is 3. The Balaban J connectivity index is 0.00000256. The van der Waals surface area contributed by atoms with Crippen molar-refractivity contribution in [2.45, 2.75) is 6.54 Å². The fourth-order valence-electron chi connectivity index (χ4n) is 3.11. The van der Waals surface area contributed by atoms with E-state index in [1.54, 1.807) is 48.5 Å². The Hall–Kier alpha value is -3.34. The second-order valence-corrected chi connectivity index (χ2v) is 6.47. The number of halogens is 1. The number of fused-ring (bicyclic) bond motifs is 1. The number of primary amides is 1. The van der Waals surface area contributed by atoms with Gasteiger partial charge in [-0.25, -0.2) is 4.98 Å². The van der Waals surface area contributed by atoms with Crippen LogP contribution in [-0.2, 0) is 11.3 Å². The number of hydrogen-bond donors (Lipinski definition) is 3. The van der Waals surface area contributed by atoms with Gasteiger partial charge in [0.2, 0.25) is 18.4 Å². The van der Waals surface area contributed by atoms with Gasteiger partial charge in [-0.2, -0.15) is 4.57 Å². The van der Waals surface area contributed by atoms with Gasteiger partial charge in [0, 0.05) is 11.3 Å². The molecule has 0 atom stereocenters. The Bertz CT molecular complexity index is 1190. The molecule has 30 heavy (non-hydrogen) atoms. The van der Waals surface area contributed by atoms with Crippen LogP contribution in [0.2, 0.25) is 0 Å². The molecule has 2 aromatic carbocycles. The number of rotatable bonds is 6. The van der Waals surface area contributed by atoms with Crippen LogP contribution in [0.4, 0.5) is 11.5 Å². The lowest BCUT2D eigenvalue weighted by Gasteiger charge is -2.10. The number of aromatic nitrogens is 3. The van der Waals surface area contributed by atoms with Crippen LogP contribution in [0.25, 0.3) is 16.9 Å². The molecular formula is C21H20IN5O3. The number of aromatic hydroxyl groups is 1. The molecule has 0 aliphatic heterocycles. The molecule has 1 amide bonds. The van der Waals surface area contributed by atoms with Crippen molar-refractivity contribution in [2.75, 3.05) is 12.4 Å². The molecule has 4 rings (SSSR count). The summed E-state index contributed by atoms with van der Waals surface area (Å²) in [5.74, 6) is 1.11. The normalized spacial score (nSPS) is 10.4. The summed E-state index contributed by atoms with van der Waals surface area (Å²) in [6.07, 6.45) is 5.27. The average molecular weight is 517 g/mol. The number of carbonyl (C=O) groups excluding carboxylic acids is 1. The third-order valence-electron chi connectivity index (χ3n) is 4.48. The maximum Gasteiger partial charge on any atom is 0.283 e. The number of para-hydroxylation sites is 1. The Morgan fingerprint density at radius 1 is 1.23 bits per heavy atom. The van der Waals surface area contributed by atoms with Gasteiger partial charge < -0.3 is 44.9 Å². The molecule has 0 aliphatic carbocycles. The molecule has 154 valence electrons. The van der Waals surface area contributed by atoms with Crippen molar-refractivity contribution >= 4 is 23.1 Å². The van der Waals surface area contributed by atoms with Crippen molar-refractivity contribution in [1.82, 2.24) is 9.38 Å². The first-order valence-corrected chi connectivity index (χ1v) is 8.94. The summed E-state index contributed by atoms with van der Waals surface area (Å²) in [5.41, 5.74) is 7.90. The third-order valence-corrected chi connectivity index (χ3v) is 4.48. The van der Waals surface area contributed by atoms with E-state index in [2.05, 4.69) is 10.3 Å². The largest absolute Gasteiger partial charge is 1.00 e. The number of nitrogens with two attached hydrogens (primary N) is 1. The summed E-state index contributed by atoms with van der Waals surface area (Å²) >= 11 is 0. The summed E-state index contributed by atoms with van der Waals surface area (Å²) < 4.78 is 8.72. The number of anilines is 2. The lowest BCUT2D eigenvalue weighted by atomic mass is 10.1. The van der Waals surface area contributed by atoms with E-state index in [1.165, 1.54) is 0 Å². The SMILES string of the molecule is COc1ccc(Nc2c(-c3ccccc3O)nc3c[n+](CC(N)=O)ccn23)cc1.[I-]. The van der Waals surface area contributed by atoms with Crippen LogP contribution >= 0.6 is 0 Å². The maximum atomic E-state index is 11.3. The molecule has 0 fully saturated rings. The predicted molar refractivity (Wildman–Crippen MR) is 108 cm³/mol. The van der Waals surface area contributed by atoms with Crippen molar-refractivity contribution in [3.05, 3.63) is 67.1 Å². The van der Waals surface area contributed by atoms with E-state index in [9.17, 15) is 9.90 Å². The van der Waals surface area contributed by atoms with E-state index >= 15 is 0 Å². The summed E-state index contributed by atoms with van der Waals surface area (Å²) in [7, 11) is 1.62. The second kappa shape index (κ2) is 8.99. The van der Waals surface area contributed by atoms with Crippen molar-refractivity contribution < 1.29 is 43.2 Å². The van der Waals surface area contributed by atoms with Gasteiger partial charge in [-0.05, 0) is 36.4 Å². The maximum absolute atomic E-state index is 11.3. The van der Waals surface area contributed by atoms with E-state index in [1.807, 2.05) is 34.7 Å². The zero-order valence-corrected chi connectivity index (χ0v) is 18.3. The topological polar surface area (TPSA) is 106 Å². The monoisotopic (exact) mass is 517 g/mol. The van der Waals surface area contributed by atoms with E-state index in [-0.39, 0.29) is 36.3 Å². The number of phenols is 1. The standard InChI is InChI=1S/C21H19N5O3.HI/c1-29-15-8-6-14(7-9-15)23-21-20(16-4-2-3-5-17(16)27)24-19-13-25(12-18(22)28)10-11-26(19)21;/h2-11,13H,12H2,1H3,(H3,22,24,27,28);1H. The minimum Gasteiger partial charge on any atom is -1.00 e. The van der Waals surface area contributed by atoms with Crippen LogP contribution < -0.4 is 44.3 Å². The Morgan fingerprint density at radius 2 is 1.97 bits per heavy atom. The van der Waals surface area contributed by atoms with Crippen molar-refractivity contribution in [3.8, 4) is 22.8 Å². The lowest BCUT2D eigenvalue weighted by molar-refractivity contribution is -0.683. The van der Waals surface area contributed by atoms with Gasteiger partial charge in [0.25, 0.3) is 5.91 Å². The van der Waals surface area contributed by atoms with E-state index in [0.717, 1.165) is 11.4 Å². The van der Waals surface area contributed by atoms with Gasteiger partial charge in [0.1, 0.15) is 23.0 Å². The highest BCUT2D eigenvalue weighted by Crippen LogP contribution is 2.35. The predicted octanol–water partition coefficient (Wildman–Crippen LogP) is -0.764. The number of imidazole rings is 1. The first-order valence-electron chi connectivity index (χ1n) is 8.94. The molecule has 0 spiro atoms. The van der Waals surface area contributed by atoms with Crippen molar-refractivity contribution in [2.24, 2.45) is 5.73 Å². The summed E-state index contributed by atoms with van der Waals surface area (Å²) in [4.78, 5) is 15.9. The number of nitrogens with one attached hydrogen (secondary N) is 1. The van der Waals surface area contributed by atoms with Gasteiger partial charge in [0.15, 0.2) is 6.20 Å². The number of phenolic OH excluding ortho intramolecular Hbond substituents is 1. The molecule has 0 radical (unpaired) electrons. The zero-order valence-electron chi connectivity index (χ0n) is 16.1. The van der Waals surface area contributed by atoms with Crippen LogP contribution in [0.3, 0.4) is 0 Å². The second-order valence-electron chi connectivity index (χ2n) is 6.47. The van der Waals surface area contributed by atoms with E-state index in [4.69, 9.17) is 10.5 Å². The fourth-order valence-corrected chi connectivity index (χ4v) is 3.11. The molecule has 0 saturated heterocycles. The summed E-state index contributed by atoms with van der Waals surface area (Å²) in [6.45, 7) is 0.0521. The molecule has 0 saturated carbocycles. The number of benzene rings is 2. The van der Waals surface area contributed by atoms with Gasteiger partial charge in [-0.1, -0.05) is 12.1 Å². The lowest BCUT2D eigenvalue weighted by Crippen LogP contribution is -3.00. The molecule has 0 aliphatic rings. The average Bonchev–Trinajstić information content (AvgIpc) is 3.06. The molecule has 2 heterocycles. The minimum atomic E-state index is -0.441. The Labute approximate surface area is 190 Å². The zero-order chi connectivity index (χ0) is 20.4. The summed E-state index contributed by atoms with van der Waals surface area (Å²) in [6, 6.07) is 14.5. The highest BCUT2D eigenvalue weighted by molar-refractivity contribution is 5.82. The molecular weight excluding hydrogens is 497 g/mol. The molecule has 9 heteroatoms. The smallest absolute Gasteiger partial charge is 0.283 e. The molecule has 0 unspecified atom stereocenters. The van der Waals surface area contributed by atoms with Crippen LogP contribution in [0.5, 0.6) is 11.5 Å². The van der Waals surface area contributed by atoms with Gasteiger partial charge >= 0.3 is 0 Å². The van der Waals surface area contributed by atoms with Gasteiger partial charge in [-0.15, -0.1) is 0 Å². The van der Waals surface area contributed by atoms with Gasteiger partial charge in [-0.3, -0.25) is 9.20 Å². The first kappa shape index (κ1) is 21.4. The number of hydrogen-bond acceptors (Lipinski definition) is 5. The molecule has 8 nitrogen and oxygen atoms in total. The van der Waals surface area contributed by atoms with Crippen LogP contribution in [0, 0.1) is 0 Å². The van der Waals surface area contributed by atoms with Crippen LogP contribution in [0.1, 0.15) is 0 Å². The van der Waals surface area contributed by atoms with Crippen LogP contribution in [0.15, 0.2) is 67.1 Å². The quantitative estimate of drug-likeness (QED) is 0.230. The molecule has 2 aromatic heterocycles. The van der Waals surface area contributed by atoms with Crippen molar-refractivity contribution in [3.63, 3.8) is 0 Å². The minimum absolute atomic E-state index is 0. The fraction of sp³-hybridized carbons (Fsp3) is 0.0952. The first-order chi connectivity index (χ1) is 14.0. The molecule has 0 bridgehead atoms. The number of amides is 1. The van der Waals surface area contributed by atoms with E-state index in [0.29, 0.717) is 22.7 Å². The Kier molecular flexibility index (Phi) is 6.40. The molecule has 4 aromatic rings. The molecule has 4 N–H and O–H groups in total. The van der Waals surface area contributed by atoms with Crippen LogP contribution in [-0.4, -0.2) is 27.5 Å². The highest BCUT2D eigenvalue weighted by Gasteiger charge is 2.19. The van der Waals surface area contributed by atoms with Gasteiger partial charge in [0.05, 0.1) is 13.3 Å². The number of carbonyl (C=O) groups is 1. The van der Waals surface area contributed by atoms with Crippen molar-refractivity contribution in [1.29, 1.82) is 0 Å².